The largest absolute Gasteiger partial charge is 0.377 e. The van der Waals surface area contributed by atoms with Crippen LogP contribution in [-0.4, -0.2) is 16.9 Å². The van der Waals surface area contributed by atoms with E-state index in [0.717, 1.165) is 0 Å². The first-order chi connectivity index (χ1) is 8.43. The van der Waals surface area contributed by atoms with E-state index in [9.17, 15) is 20.2 Å². The molecule has 96 valence electrons. The van der Waals surface area contributed by atoms with Gasteiger partial charge in [-0.1, -0.05) is 12.2 Å². The highest BCUT2D eigenvalue weighted by Crippen LogP contribution is 2.39. The van der Waals surface area contributed by atoms with Gasteiger partial charge in [0.25, 0.3) is 5.69 Å². The van der Waals surface area contributed by atoms with E-state index in [1.807, 2.05) is 0 Å². The number of anilines is 1. The highest BCUT2D eigenvalue weighted by atomic mass is 16.6. The van der Waals surface area contributed by atoms with Crippen LogP contribution < -0.4 is 5.32 Å². The Balaban J connectivity index is 3.75. The number of allylic oxidation sites excluding steroid dienone is 1. The number of nitro groups is 2. The summed E-state index contributed by atoms with van der Waals surface area (Å²) >= 11 is 0. The van der Waals surface area contributed by atoms with Gasteiger partial charge >= 0.3 is 5.69 Å². The van der Waals surface area contributed by atoms with E-state index in [1.165, 1.54) is 13.1 Å². The van der Waals surface area contributed by atoms with Crippen molar-refractivity contribution in [3.05, 3.63) is 43.5 Å². The van der Waals surface area contributed by atoms with Crippen LogP contribution in [-0.2, 0) is 0 Å². The van der Waals surface area contributed by atoms with E-state index in [4.69, 9.17) is 0 Å². The lowest BCUT2D eigenvalue weighted by Crippen LogP contribution is -2.04. The summed E-state index contributed by atoms with van der Waals surface area (Å²) in [4.78, 5) is 20.8. The van der Waals surface area contributed by atoms with Crippen molar-refractivity contribution < 1.29 is 9.85 Å². The summed E-state index contributed by atoms with van der Waals surface area (Å²) < 4.78 is 0. The molecule has 0 unspecified atom stereocenters. The van der Waals surface area contributed by atoms with Crippen molar-refractivity contribution in [3.63, 3.8) is 0 Å². The number of benzene rings is 1. The summed E-state index contributed by atoms with van der Waals surface area (Å²) in [6.45, 7) is 3.31. The number of nitro benzene ring substituents is 2. The highest BCUT2D eigenvalue weighted by molar-refractivity contribution is 5.80. The van der Waals surface area contributed by atoms with Crippen molar-refractivity contribution in [2.75, 3.05) is 12.4 Å². The van der Waals surface area contributed by atoms with Gasteiger partial charge in [-0.05, 0) is 19.4 Å². The van der Waals surface area contributed by atoms with Crippen LogP contribution in [0.25, 0.3) is 6.08 Å². The number of rotatable bonds is 4. The van der Waals surface area contributed by atoms with Gasteiger partial charge in [-0.15, -0.1) is 0 Å². The van der Waals surface area contributed by atoms with Gasteiger partial charge in [0.1, 0.15) is 0 Å². The van der Waals surface area contributed by atoms with Crippen molar-refractivity contribution in [3.8, 4) is 0 Å². The zero-order valence-corrected chi connectivity index (χ0v) is 10.3. The average molecular weight is 251 g/mol. The summed E-state index contributed by atoms with van der Waals surface area (Å²) in [5, 5.41) is 24.5. The Labute approximate surface area is 103 Å². The van der Waals surface area contributed by atoms with Crippen LogP contribution in [0.4, 0.5) is 17.1 Å². The monoisotopic (exact) mass is 251 g/mol. The van der Waals surface area contributed by atoms with Crippen LogP contribution in [0, 0.1) is 27.2 Å². The molecule has 0 heterocycles. The fourth-order valence-corrected chi connectivity index (χ4v) is 1.74. The topological polar surface area (TPSA) is 98.3 Å². The summed E-state index contributed by atoms with van der Waals surface area (Å²) in [5.41, 5.74) is 0.224. The first kappa shape index (κ1) is 13.6. The average Bonchev–Trinajstić information content (AvgIpc) is 2.30. The molecule has 0 atom stereocenters. The van der Waals surface area contributed by atoms with Crippen molar-refractivity contribution in [1.82, 2.24) is 0 Å². The molecule has 0 fully saturated rings. The van der Waals surface area contributed by atoms with Gasteiger partial charge in [0.15, 0.2) is 5.69 Å². The van der Waals surface area contributed by atoms with E-state index >= 15 is 0 Å². The molecular formula is C11H13N3O4. The third kappa shape index (κ3) is 2.29. The van der Waals surface area contributed by atoms with Gasteiger partial charge in [0, 0.05) is 18.7 Å². The predicted molar refractivity (Wildman–Crippen MR) is 68.7 cm³/mol. The Bertz CT molecular complexity index is 538. The minimum atomic E-state index is -0.634. The fourth-order valence-electron chi connectivity index (χ4n) is 1.74. The van der Waals surface area contributed by atoms with E-state index < -0.39 is 9.85 Å². The summed E-state index contributed by atoms with van der Waals surface area (Å²) in [6.07, 6.45) is 3.28. The second-order valence-electron chi connectivity index (χ2n) is 3.60. The molecule has 0 radical (unpaired) electrons. The molecule has 0 saturated heterocycles. The molecular weight excluding hydrogens is 238 g/mol. The minimum Gasteiger partial charge on any atom is -0.377 e. The number of hydrogen-bond acceptors (Lipinski definition) is 5. The van der Waals surface area contributed by atoms with E-state index in [-0.39, 0.29) is 17.1 Å². The number of nitrogens with zero attached hydrogens (tertiary/aromatic N) is 2. The van der Waals surface area contributed by atoms with Crippen molar-refractivity contribution in [2.45, 2.75) is 13.8 Å². The maximum Gasteiger partial charge on any atom is 0.302 e. The maximum atomic E-state index is 11.1. The lowest BCUT2D eigenvalue weighted by atomic mass is 10.0. The SMILES string of the molecule is C/C=C\c1cc([N+](=O)[O-])c(NC)c([N+](=O)[O-])c1C. The third-order valence-electron chi connectivity index (χ3n) is 2.55. The standard InChI is InChI=1S/C11H13N3O4/c1-4-5-8-6-9(13(15)16)10(12-3)11(7(8)2)14(17)18/h4-6,12H,1-3H3/b5-4-. The molecule has 1 aromatic rings. The van der Waals surface area contributed by atoms with Gasteiger partial charge in [-0.3, -0.25) is 20.2 Å². The molecule has 0 aliphatic carbocycles. The van der Waals surface area contributed by atoms with Crippen LogP contribution in [0.1, 0.15) is 18.1 Å². The smallest absolute Gasteiger partial charge is 0.302 e. The van der Waals surface area contributed by atoms with Gasteiger partial charge in [-0.25, -0.2) is 0 Å². The Kier molecular flexibility index (Phi) is 3.98. The van der Waals surface area contributed by atoms with Crippen LogP contribution >= 0.6 is 0 Å². The first-order valence-electron chi connectivity index (χ1n) is 5.20. The predicted octanol–water partition coefficient (Wildman–Crippen LogP) is 2.89. The maximum absolute atomic E-state index is 11.1. The summed E-state index contributed by atoms with van der Waals surface area (Å²) in [5.74, 6) is 0. The molecule has 18 heavy (non-hydrogen) atoms. The van der Waals surface area contributed by atoms with E-state index in [0.29, 0.717) is 11.1 Å². The Morgan fingerprint density at radius 2 is 1.89 bits per heavy atom. The summed E-state index contributed by atoms with van der Waals surface area (Å²) in [7, 11) is 1.42. The Morgan fingerprint density at radius 3 is 2.28 bits per heavy atom. The van der Waals surface area contributed by atoms with Gasteiger partial charge in [-0.2, -0.15) is 0 Å². The Hall–Kier alpha value is -2.44. The van der Waals surface area contributed by atoms with E-state index in [2.05, 4.69) is 5.32 Å². The molecule has 0 aromatic heterocycles. The molecule has 1 rings (SSSR count). The Morgan fingerprint density at radius 1 is 1.28 bits per heavy atom. The van der Waals surface area contributed by atoms with Gasteiger partial charge in [0.2, 0.25) is 0 Å². The molecule has 7 heteroatoms. The molecule has 0 spiro atoms. The van der Waals surface area contributed by atoms with Gasteiger partial charge < -0.3 is 5.32 Å². The van der Waals surface area contributed by atoms with Crippen LogP contribution in [0.15, 0.2) is 12.1 Å². The molecule has 1 N–H and O–H groups in total. The number of nitrogens with one attached hydrogen (secondary N) is 1. The zero-order valence-electron chi connectivity index (χ0n) is 10.3. The van der Waals surface area contributed by atoms with Crippen LogP contribution in [0.2, 0.25) is 0 Å². The van der Waals surface area contributed by atoms with Gasteiger partial charge in [0.05, 0.1) is 9.85 Å². The molecule has 0 amide bonds. The zero-order chi connectivity index (χ0) is 13.9. The minimum absolute atomic E-state index is 0.0734. The lowest BCUT2D eigenvalue weighted by molar-refractivity contribution is -0.392. The van der Waals surface area contributed by atoms with Crippen LogP contribution in [0.5, 0.6) is 0 Å². The second-order valence-corrected chi connectivity index (χ2v) is 3.60. The molecule has 0 bridgehead atoms. The quantitative estimate of drug-likeness (QED) is 0.655. The van der Waals surface area contributed by atoms with Crippen LogP contribution in [0.3, 0.4) is 0 Å². The van der Waals surface area contributed by atoms with Crippen molar-refractivity contribution in [1.29, 1.82) is 0 Å². The van der Waals surface area contributed by atoms with E-state index in [1.54, 1.807) is 26.0 Å². The summed E-state index contributed by atoms with van der Waals surface area (Å²) in [6, 6.07) is 1.33. The number of hydrogen-bond donors (Lipinski definition) is 1. The second kappa shape index (κ2) is 5.26. The molecule has 0 aliphatic heterocycles. The molecule has 0 aliphatic rings. The van der Waals surface area contributed by atoms with Crippen molar-refractivity contribution >= 4 is 23.1 Å². The highest BCUT2D eigenvalue weighted by Gasteiger charge is 2.28. The lowest BCUT2D eigenvalue weighted by Gasteiger charge is -2.08. The first-order valence-corrected chi connectivity index (χ1v) is 5.20. The molecule has 7 nitrogen and oxygen atoms in total. The fraction of sp³-hybridized carbons (Fsp3) is 0.273. The molecule has 0 saturated carbocycles. The van der Waals surface area contributed by atoms with Crippen molar-refractivity contribution in [2.24, 2.45) is 0 Å². The normalized spacial score (nSPS) is 10.6. The third-order valence-corrected chi connectivity index (χ3v) is 2.55. The molecule has 1 aromatic carbocycles.